The quantitative estimate of drug-likeness (QED) is 0.434. The minimum absolute atomic E-state index is 0.0420. The molecule has 0 radical (unpaired) electrons. The molecule has 162 valence electrons. The van der Waals surface area contributed by atoms with Crippen molar-refractivity contribution in [2.45, 2.75) is 56.7 Å². The van der Waals surface area contributed by atoms with Crippen molar-refractivity contribution in [1.29, 1.82) is 0 Å². The molecule has 1 aliphatic carbocycles. The lowest BCUT2D eigenvalue weighted by atomic mass is 9.79. The fourth-order valence-corrected chi connectivity index (χ4v) is 4.45. The van der Waals surface area contributed by atoms with Gasteiger partial charge >= 0.3 is 0 Å². The summed E-state index contributed by atoms with van der Waals surface area (Å²) in [6.07, 6.45) is 3.97. The first-order valence-corrected chi connectivity index (χ1v) is 11.3. The van der Waals surface area contributed by atoms with Crippen LogP contribution in [0.1, 0.15) is 67.9 Å². The molecule has 1 saturated carbocycles. The molecule has 5 N–H and O–H groups in total. The van der Waals surface area contributed by atoms with E-state index in [0.29, 0.717) is 17.9 Å². The van der Waals surface area contributed by atoms with Crippen molar-refractivity contribution >= 4 is 23.0 Å². The third-order valence-corrected chi connectivity index (χ3v) is 7.24. The van der Waals surface area contributed by atoms with Crippen molar-refractivity contribution in [2.24, 2.45) is 11.7 Å². The van der Waals surface area contributed by atoms with Crippen LogP contribution in [0.4, 0.5) is 10.1 Å². The van der Waals surface area contributed by atoms with E-state index < -0.39 is 33.4 Å². The predicted octanol–water partition coefficient (Wildman–Crippen LogP) is 3.99. The standard InChI is InChI=1S/C23H30FN3O2S/c1-22(2,3)30(29)27-23(13-12-15-4-5-15,18-10-11-19(24)20(25)14-18)17-8-6-16(7-9-17)21(26)28/h6-11,14-15,27H,4-5,12-13,25H2,1-3H3,(H2,26,28)/t23-,30-/m1/s1. The summed E-state index contributed by atoms with van der Waals surface area (Å²) in [5.41, 5.74) is 12.5. The number of carbonyl (C=O) groups is 1. The van der Waals surface area contributed by atoms with Gasteiger partial charge in [-0.2, -0.15) is 0 Å². The van der Waals surface area contributed by atoms with Gasteiger partial charge in [-0.1, -0.05) is 31.0 Å². The molecule has 0 spiro atoms. The molecule has 0 aromatic heterocycles. The van der Waals surface area contributed by atoms with Crippen LogP contribution in [0.3, 0.4) is 0 Å². The van der Waals surface area contributed by atoms with Crippen LogP contribution < -0.4 is 16.2 Å². The molecule has 1 fully saturated rings. The molecule has 0 heterocycles. The number of carbonyl (C=O) groups excluding carboxylic acids is 1. The van der Waals surface area contributed by atoms with Gasteiger partial charge in [0, 0.05) is 16.9 Å². The van der Waals surface area contributed by atoms with Crippen LogP contribution in [0.15, 0.2) is 42.5 Å². The number of rotatable bonds is 8. The van der Waals surface area contributed by atoms with Crippen molar-refractivity contribution in [1.82, 2.24) is 4.72 Å². The van der Waals surface area contributed by atoms with Crippen molar-refractivity contribution in [3.05, 3.63) is 65.0 Å². The summed E-state index contributed by atoms with van der Waals surface area (Å²) >= 11 is -1.40. The largest absolute Gasteiger partial charge is 0.598 e. The second kappa shape index (κ2) is 8.57. The van der Waals surface area contributed by atoms with Crippen LogP contribution in [0.2, 0.25) is 0 Å². The monoisotopic (exact) mass is 431 g/mol. The zero-order chi connectivity index (χ0) is 22.1. The summed E-state index contributed by atoms with van der Waals surface area (Å²) in [5, 5.41) is 0. The third kappa shape index (κ3) is 4.96. The first-order valence-electron chi connectivity index (χ1n) is 10.2. The van der Waals surface area contributed by atoms with E-state index in [2.05, 4.69) is 4.72 Å². The fourth-order valence-electron chi connectivity index (χ4n) is 3.49. The van der Waals surface area contributed by atoms with E-state index in [-0.39, 0.29) is 5.69 Å². The maximum absolute atomic E-state index is 14.0. The van der Waals surface area contributed by atoms with Crippen molar-refractivity contribution in [3.8, 4) is 0 Å². The molecule has 2 aromatic rings. The van der Waals surface area contributed by atoms with Gasteiger partial charge in [-0.05, 0) is 74.9 Å². The average Bonchev–Trinajstić information content (AvgIpc) is 3.51. The molecule has 1 amide bonds. The molecule has 0 unspecified atom stereocenters. The number of nitrogen functional groups attached to an aromatic ring is 1. The van der Waals surface area contributed by atoms with Crippen LogP contribution in [0, 0.1) is 11.7 Å². The Morgan fingerprint density at radius 1 is 1.17 bits per heavy atom. The number of nitrogens with two attached hydrogens (primary N) is 2. The molecule has 0 saturated heterocycles. The van der Waals surface area contributed by atoms with Gasteiger partial charge in [-0.3, -0.25) is 4.79 Å². The van der Waals surface area contributed by atoms with Crippen LogP contribution in [0.5, 0.6) is 0 Å². The van der Waals surface area contributed by atoms with Gasteiger partial charge in [-0.15, -0.1) is 4.72 Å². The minimum Gasteiger partial charge on any atom is -0.598 e. The van der Waals surface area contributed by atoms with Gasteiger partial charge < -0.3 is 16.0 Å². The van der Waals surface area contributed by atoms with E-state index >= 15 is 0 Å². The molecular formula is C23H30FN3O2S. The van der Waals surface area contributed by atoms with E-state index in [4.69, 9.17) is 11.5 Å². The Morgan fingerprint density at radius 2 is 1.77 bits per heavy atom. The van der Waals surface area contributed by atoms with Gasteiger partial charge in [-0.25, -0.2) is 4.39 Å². The predicted molar refractivity (Wildman–Crippen MR) is 120 cm³/mol. The SMILES string of the molecule is CC(C)(C)[S@@+]([O-])N[C@](CCC1CC1)(c1ccc(C(N)=O)cc1)c1ccc(F)c(N)c1. The number of halogens is 1. The number of hydrogen-bond acceptors (Lipinski definition) is 4. The highest BCUT2D eigenvalue weighted by atomic mass is 32.2. The third-order valence-electron chi connectivity index (χ3n) is 5.60. The van der Waals surface area contributed by atoms with Gasteiger partial charge in [0.2, 0.25) is 5.91 Å². The highest BCUT2D eigenvalue weighted by Crippen LogP contribution is 2.42. The molecule has 0 aliphatic heterocycles. The Morgan fingerprint density at radius 3 is 2.27 bits per heavy atom. The molecule has 7 heteroatoms. The number of benzene rings is 2. The van der Waals surface area contributed by atoms with E-state index in [1.54, 1.807) is 24.3 Å². The van der Waals surface area contributed by atoms with Gasteiger partial charge in [0.1, 0.15) is 16.1 Å². The number of nitrogens with one attached hydrogen (secondary N) is 1. The van der Waals surface area contributed by atoms with E-state index in [0.717, 1.165) is 17.5 Å². The summed E-state index contributed by atoms with van der Waals surface area (Å²) in [6, 6.07) is 11.6. The summed E-state index contributed by atoms with van der Waals surface area (Å²) < 4.78 is 30.0. The average molecular weight is 432 g/mol. The van der Waals surface area contributed by atoms with Crippen molar-refractivity contribution in [2.75, 3.05) is 5.73 Å². The lowest BCUT2D eigenvalue weighted by Gasteiger charge is -2.39. The number of amides is 1. The second-order valence-electron chi connectivity index (χ2n) is 9.05. The van der Waals surface area contributed by atoms with Crippen LogP contribution >= 0.6 is 0 Å². The molecule has 2 atom stereocenters. The lowest BCUT2D eigenvalue weighted by molar-refractivity contribution is 0.1000. The first kappa shape index (κ1) is 22.6. The second-order valence-corrected chi connectivity index (χ2v) is 11.0. The summed E-state index contributed by atoms with van der Waals surface area (Å²) in [5.74, 6) is -0.366. The molecule has 2 aromatic carbocycles. The Bertz CT molecular complexity index is 910. The summed E-state index contributed by atoms with van der Waals surface area (Å²) in [7, 11) is 0. The number of primary amides is 1. The van der Waals surface area contributed by atoms with Crippen LogP contribution in [0.25, 0.3) is 0 Å². The number of hydrogen-bond donors (Lipinski definition) is 3. The maximum atomic E-state index is 14.0. The van der Waals surface area contributed by atoms with E-state index in [9.17, 15) is 13.7 Å². The first-order chi connectivity index (χ1) is 14.0. The van der Waals surface area contributed by atoms with Crippen molar-refractivity contribution < 1.29 is 13.7 Å². The van der Waals surface area contributed by atoms with Crippen LogP contribution in [-0.4, -0.2) is 15.2 Å². The summed E-state index contributed by atoms with van der Waals surface area (Å²) in [6.45, 7) is 5.70. The highest BCUT2D eigenvalue weighted by Gasteiger charge is 2.43. The van der Waals surface area contributed by atoms with Gasteiger partial charge in [0.15, 0.2) is 0 Å². The smallest absolute Gasteiger partial charge is 0.248 e. The Hall–Kier alpha value is -2.09. The van der Waals surface area contributed by atoms with E-state index in [1.807, 2.05) is 32.9 Å². The molecule has 0 bridgehead atoms. The highest BCUT2D eigenvalue weighted by molar-refractivity contribution is 7.90. The molecule has 1 aliphatic rings. The molecular weight excluding hydrogens is 401 g/mol. The van der Waals surface area contributed by atoms with Crippen molar-refractivity contribution in [3.63, 3.8) is 0 Å². The molecule has 30 heavy (non-hydrogen) atoms. The zero-order valence-corrected chi connectivity index (χ0v) is 18.5. The Labute approximate surface area is 180 Å². The molecule has 5 nitrogen and oxygen atoms in total. The normalized spacial score (nSPS) is 17.4. The number of anilines is 1. The topological polar surface area (TPSA) is 104 Å². The Kier molecular flexibility index (Phi) is 6.45. The fraction of sp³-hybridized carbons (Fsp3) is 0.435. The Balaban J connectivity index is 2.15. The lowest BCUT2D eigenvalue weighted by Crippen LogP contribution is -2.52. The zero-order valence-electron chi connectivity index (χ0n) is 17.7. The minimum atomic E-state index is -1.40. The van der Waals surface area contributed by atoms with Crippen LogP contribution in [-0.2, 0) is 16.9 Å². The molecule has 3 rings (SSSR count). The summed E-state index contributed by atoms with van der Waals surface area (Å²) in [4.78, 5) is 11.5. The van der Waals surface area contributed by atoms with E-state index in [1.165, 1.54) is 18.9 Å². The van der Waals surface area contributed by atoms with Gasteiger partial charge in [0.25, 0.3) is 0 Å². The maximum Gasteiger partial charge on any atom is 0.248 e. The van der Waals surface area contributed by atoms with Gasteiger partial charge in [0.05, 0.1) is 5.69 Å².